The first kappa shape index (κ1) is 11.4. The molecule has 0 aliphatic carbocycles. The molecule has 3 atom stereocenters. The fourth-order valence-corrected chi connectivity index (χ4v) is 2.44. The largest absolute Gasteiger partial charge is 0.381 e. The molecule has 0 saturated carbocycles. The molecule has 0 aromatic rings. The zero-order valence-corrected chi connectivity index (χ0v) is 9.71. The molecule has 3 heteroatoms. The lowest BCUT2D eigenvalue weighted by Crippen LogP contribution is -2.46. The van der Waals surface area contributed by atoms with Crippen LogP contribution in [0.5, 0.6) is 0 Å². The average Bonchev–Trinajstić information content (AvgIpc) is 2.50. The van der Waals surface area contributed by atoms with Crippen LogP contribution in [0.1, 0.15) is 32.6 Å². The summed E-state index contributed by atoms with van der Waals surface area (Å²) in [5.41, 5.74) is 0. The highest BCUT2D eigenvalue weighted by Crippen LogP contribution is 2.20. The van der Waals surface area contributed by atoms with Crippen LogP contribution in [0.3, 0.4) is 0 Å². The maximum atomic E-state index is 5.66. The third-order valence-electron chi connectivity index (χ3n) is 3.40. The number of hydrogen-bond acceptors (Lipinski definition) is 3. The van der Waals surface area contributed by atoms with Gasteiger partial charge in [0.05, 0.1) is 12.7 Å². The van der Waals surface area contributed by atoms with Crippen molar-refractivity contribution in [2.45, 2.75) is 44.8 Å². The Kier molecular flexibility index (Phi) is 4.42. The third-order valence-corrected chi connectivity index (χ3v) is 3.40. The lowest BCUT2D eigenvalue weighted by Gasteiger charge is -2.30. The molecule has 2 fully saturated rings. The monoisotopic (exact) mass is 213 g/mol. The zero-order chi connectivity index (χ0) is 10.5. The van der Waals surface area contributed by atoms with E-state index in [0.29, 0.717) is 12.1 Å². The van der Waals surface area contributed by atoms with Crippen LogP contribution in [0.25, 0.3) is 0 Å². The van der Waals surface area contributed by atoms with E-state index in [2.05, 4.69) is 12.2 Å². The van der Waals surface area contributed by atoms with Crippen LogP contribution in [0.4, 0.5) is 0 Å². The van der Waals surface area contributed by atoms with Crippen molar-refractivity contribution < 1.29 is 9.47 Å². The van der Waals surface area contributed by atoms with Crippen LogP contribution >= 0.6 is 0 Å². The summed E-state index contributed by atoms with van der Waals surface area (Å²) < 4.78 is 11.3. The van der Waals surface area contributed by atoms with Crippen molar-refractivity contribution in [1.29, 1.82) is 0 Å². The van der Waals surface area contributed by atoms with Gasteiger partial charge in [0.15, 0.2) is 0 Å². The van der Waals surface area contributed by atoms with Gasteiger partial charge in [-0.3, -0.25) is 0 Å². The highest BCUT2D eigenvalue weighted by Gasteiger charge is 2.22. The second kappa shape index (κ2) is 5.83. The predicted molar refractivity (Wildman–Crippen MR) is 60.0 cm³/mol. The van der Waals surface area contributed by atoms with Gasteiger partial charge >= 0.3 is 0 Å². The summed E-state index contributed by atoms with van der Waals surface area (Å²) in [7, 11) is 0. The van der Waals surface area contributed by atoms with Crippen LogP contribution in [0, 0.1) is 5.92 Å². The van der Waals surface area contributed by atoms with Gasteiger partial charge in [0, 0.05) is 25.8 Å². The molecular weight excluding hydrogens is 190 g/mol. The first-order chi connectivity index (χ1) is 7.34. The molecule has 0 spiro atoms. The minimum Gasteiger partial charge on any atom is -0.381 e. The first-order valence-electron chi connectivity index (χ1n) is 6.27. The molecule has 15 heavy (non-hydrogen) atoms. The predicted octanol–water partition coefficient (Wildman–Crippen LogP) is 1.57. The second-order valence-corrected chi connectivity index (χ2v) is 4.92. The molecule has 2 heterocycles. The molecule has 2 rings (SSSR count). The van der Waals surface area contributed by atoms with Crippen molar-refractivity contribution in [3.05, 3.63) is 0 Å². The molecule has 2 aliphatic heterocycles. The van der Waals surface area contributed by atoms with E-state index in [-0.39, 0.29) is 0 Å². The summed E-state index contributed by atoms with van der Waals surface area (Å²) in [6.07, 6.45) is 5.49. The Hall–Kier alpha value is -0.120. The summed E-state index contributed by atoms with van der Waals surface area (Å²) in [6, 6.07) is 0.549. The number of rotatable bonds is 2. The summed E-state index contributed by atoms with van der Waals surface area (Å²) in [5.74, 6) is 0.738. The smallest absolute Gasteiger partial charge is 0.0672 e. The number of nitrogens with one attached hydrogen (secondary N) is 1. The van der Waals surface area contributed by atoms with E-state index >= 15 is 0 Å². The Bertz CT molecular complexity index is 170. The molecule has 0 aromatic carbocycles. The molecule has 1 unspecified atom stereocenters. The Morgan fingerprint density at radius 1 is 1.27 bits per heavy atom. The fraction of sp³-hybridized carbons (Fsp3) is 1.00. The van der Waals surface area contributed by atoms with Crippen molar-refractivity contribution in [3.63, 3.8) is 0 Å². The van der Waals surface area contributed by atoms with E-state index in [1.165, 1.54) is 25.7 Å². The quantitative estimate of drug-likeness (QED) is 0.755. The summed E-state index contributed by atoms with van der Waals surface area (Å²) in [5, 5.41) is 3.56. The Morgan fingerprint density at radius 3 is 3.00 bits per heavy atom. The Labute approximate surface area is 92.5 Å². The Morgan fingerprint density at radius 2 is 2.20 bits per heavy atom. The zero-order valence-electron chi connectivity index (χ0n) is 9.71. The average molecular weight is 213 g/mol. The normalized spacial score (nSPS) is 38.6. The molecule has 0 aromatic heterocycles. The number of morpholine rings is 1. The molecule has 3 nitrogen and oxygen atoms in total. The van der Waals surface area contributed by atoms with Crippen molar-refractivity contribution in [3.8, 4) is 0 Å². The van der Waals surface area contributed by atoms with E-state index in [4.69, 9.17) is 9.47 Å². The van der Waals surface area contributed by atoms with Crippen molar-refractivity contribution in [2.75, 3.05) is 26.4 Å². The van der Waals surface area contributed by atoms with Crippen molar-refractivity contribution >= 4 is 0 Å². The third kappa shape index (κ3) is 3.74. The van der Waals surface area contributed by atoms with E-state index in [1.54, 1.807) is 0 Å². The topological polar surface area (TPSA) is 30.5 Å². The van der Waals surface area contributed by atoms with Gasteiger partial charge in [-0.1, -0.05) is 6.42 Å². The summed E-state index contributed by atoms with van der Waals surface area (Å²) in [6.45, 7) is 5.91. The molecule has 0 bridgehead atoms. The number of ether oxygens (including phenoxy) is 2. The van der Waals surface area contributed by atoms with E-state index < -0.39 is 0 Å². The SMILES string of the molecule is C[C@H]1CNC(C[C@H]2CCCCOC2)CO1. The van der Waals surface area contributed by atoms with Gasteiger partial charge in [0.25, 0.3) is 0 Å². The van der Waals surface area contributed by atoms with E-state index in [9.17, 15) is 0 Å². The van der Waals surface area contributed by atoms with Gasteiger partial charge in [-0.05, 0) is 32.1 Å². The van der Waals surface area contributed by atoms with Crippen LogP contribution < -0.4 is 5.32 Å². The lowest BCUT2D eigenvalue weighted by molar-refractivity contribution is 0.00555. The number of hydrogen-bond donors (Lipinski definition) is 1. The van der Waals surface area contributed by atoms with E-state index in [0.717, 1.165) is 32.3 Å². The summed E-state index contributed by atoms with van der Waals surface area (Å²) >= 11 is 0. The van der Waals surface area contributed by atoms with Crippen LogP contribution in [-0.2, 0) is 9.47 Å². The minimum atomic E-state index is 0.381. The fourth-order valence-electron chi connectivity index (χ4n) is 2.44. The highest BCUT2D eigenvalue weighted by molar-refractivity contribution is 4.77. The van der Waals surface area contributed by atoms with E-state index in [1.807, 2.05) is 0 Å². The molecule has 0 amide bonds. The van der Waals surface area contributed by atoms with Crippen molar-refractivity contribution in [1.82, 2.24) is 5.32 Å². The van der Waals surface area contributed by atoms with Gasteiger partial charge in [-0.25, -0.2) is 0 Å². The molecule has 0 radical (unpaired) electrons. The first-order valence-corrected chi connectivity index (χ1v) is 6.27. The lowest BCUT2D eigenvalue weighted by atomic mass is 9.95. The molecule has 2 aliphatic rings. The molecule has 1 N–H and O–H groups in total. The molecular formula is C12H23NO2. The van der Waals surface area contributed by atoms with Gasteiger partial charge < -0.3 is 14.8 Å². The Balaban J connectivity index is 1.70. The second-order valence-electron chi connectivity index (χ2n) is 4.92. The van der Waals surface area contributed by atoms with Gasteiger partial charge in [0.2, 0.25) is 0 Å². The van der Waals surface area contributed by atoms with Gasteiger partial charge in [0.1, 0.15) is 0 Å². The maximum Gasteiger partial charge on any atom is 0.0672 e. The van der Waals surface area contributed by atoms with Gasteiger partial charge in [-0.2, -0.15) is 0 Å². The summed E-state index contributed by atoms with van der Waals surface area (Å²) in [4.78, 5) is 0. The standard InChI is InChI=1S/C12H23NO2/c1-10-7-13-12(9-15-10)6-11-4-2-3-5-14-8-11/h10-13H,2-9H2,1H3/t10-,11+,12?/m0/s1. The van der Waals surface area contributed by atoms with Gasteiger partial charge in [-0.15, -0.1) is 0 Å². The highest BCUT2D eigenvalue weighted by atomic mass is 16.5. The molecule has 88 valence electrons. The maximum absolute atomic E-state index is 5.66. The van der Waals surface area contributed by atoms with Crippen molar-refractivity contribution in [2.24, 2.45) is 5.92 Å². The van der Waals surface area contributed by atoms with Crippen LogP contribution in [-0.4, -0.2) is 38.5 Å². The molecule has 2 saturated heterocycles. The van der Waals surface area contributed by atoms with Crippen LogP contribution in [0.2, 0.25) is 0 Å². The van der Waals surface area contributed by atoms with Crippen LogP contribution in [0.15, 0.2) is 0 Å². The minimum absolute atomic E-state index is 0.381.